The number of benzene rings is 3. The van der Waals surface area contributed by atoms with Crippen molar-refractivity contribution in [2.24, 2.45) is 0 Å². The minimum absolute atomic E-state index is 0.208. The number of amides is 1. The lowest BCUT2D eigenvalue weighted by Gasteiger charge is -2.11. The van der Waals surface area contributed by atoms with Crippen LogP contribution in [-0.4, -0.2) is 29.3 Å². The molecule has 7 heteroatoms. The van der Waals surface area contributed by atoms with Gasteiger partial charge in [-0.1, -0.05) is 30.3 Å². The summed E-state index contributed by atoms with van der Waals surface area (Å²) in [6.45, 7) is 1.17. The molecule has 0 radical (unpaired) electrons. The average molecular weight is 427 g/mol. The van der Waals surface area contributed by atoms with Crippen LogP contribution in [0.5, 0.6) is 11.5 Å². The van der Waals surface area contributed by atoms with E-state index in [0.717, 1.165) is 23.1 Å². The highest BCUT2D eigenvalue weighted by Gasteiger charge is 2.15. The van der Waals surface area contributed by atoms with Crippen LogP contribution < -0.4 is 20.3 Å². The highest BCUT2D eigenvalue weighted by atomic mass is 16.5. The van der Waals surface area contributed by atoms with E-state index in [1.807, 2.05) is 42.5 Å². The number of aromatic amines is 1. The lowest BCUT2D eigenvalue weighted by molar-refractivity contribution is 0.102. The maximum Gasteiger partial charge on any atom is 0.272 e. The predicted molar refractivity (Wildman–Crippen MR) is 122 cm³/mol. The summed E-state index contributed by atoms with van der Waals surface area (Å²) in [6, 6.07) is 20.2. The maximum atomic E-state index is 12.8. The van der Waals surface area contributed by atoms with Crippen molar-refractivity contribution in [2.45, 2.75) is 12.8 Å². The lowest BCUT2D eigenvalue weighted by Crippen LogP contribution is -2.13. The van der Waals surface area contributed by atoms with Gasteiger partial charge in [-0.25, -0.2) is 5.10 Å². The zero-order valence-corrected chi connectivity index (χ0v) is 17.3. The number of ether oxygens (including phenoxy) is 2. The molecule has 0 fully saturated rings. The molecule has 0 spiro atoms. The number of carbonyl (C=O) groups is 1. The molecule has 7 nitrogen and oxygen atoms in total. The molecule has 2 N–H and O–H groups in total. The van der Waals surface area contributed by atoms with E-state index in [-0.39, 0.29) is 11.5 Å². The number of carbonyl (C=O) groups excluding carboxylic acids is 1. The molecule has 0 aliphatic carbocycles. The fourth-order valence-corrected chi connectivity index (χ4v) is 3.77. The lowest BCUT2D eigenvalue weighted by atomic mass is 10.0. The minimum atomic E-state index is -0.231. The van der Waals surface area contributed by atoms with Crippen molar-refractivity contribution < 1.29 is 14.3 Å². The SMILES string of the molecule is O=C(Nc1cccc(Cc2n[nH]c(=O)c3ccccc23)c1)c1ccc2c(c1)OCCCO2. The van der Waals surface area contributed by atoms with Gasteiger partial charge in [-0.3, -0.25) is 9.59 Å². The van der Waals surface area contributed by atoms with Gasteiger partial charge in [-0.2, -0.15) is 5.10 Å². The van der Waals surface area contributed by atoms with Crippen LogP contribution in [0.1, 0.15) is 28.0 Å². The number of nitrogens with one attached hydrogen (secondary N) is 2. The monoisotopic (exact) mass is 427 g/mol. The number of H-pyrrole nitrogens is 1. The summed E-state index contributed by atoms with van der Waals surface area (Å²) in [5, 5.41) is 11.2. The standard InChI is InChI=1S/C25H21N3O4/c29-24(17-9-10-22-23(15-17)32-12-4-11-31-22)26-18-6-3-5-16(13-18)14-21-19-7-1-2-8-20(19)25(30)28-27-21/h1-3,5-10,13,15H,4,11-12,14H2,(H,26,29)(H,28,30). The van der Waals surface area contributed by atoms with Crippen LogP contribution in [0.3, 0.4) is 0 Å². The summed E-state index contributed by atoms with van der Waals surface area (Å²) in [5.41, 5.74) is 2.69. The summed E-state index contributed by atoms with van der Waals surface area (Å²) in [5.74, 6) is 1.01. The van der Waals surface area contributed by atoms with Crippen molar-refractivity contribution in [1.29, 1.82) is 0 Å². The van der Waals surface area contributed by atoms with Crippen molar-refractivity contribution in [3.05, 3.63) is 93.9 Å². The van der Waals surface area contributed by atoms with Crippen molar-refractivity contribution in [2.75, 3.05) is 18.5 Å². The molecule has 5 rings (SSSR count). The smallest absolute Gasteiger partial charge is 0.272 e. The zero-order chi connectivity index (χ0) is 21.9. The molecule has 160 valence electrons. The van der Waals surface area contributed by atoms with Crippen molar-refractivity contribution in [1.82, 2.24) is 10.2 Å². The summed E-state index contributed by atoms with van der Waals surface area (Å²) in [4.78, 5) is 24.8. The summed E-state index contributed by atoms with van der Waals surface area (Å²) in [7, 11) is 0. The van der Waals surface area contributed by atoms with Crippen molar-refractivity contribution in [3.63, 3.8) is 0 Å². The Morgan fingerprint density at radius 1 is 0.938 bits per heavy atom. The number of hydrogen-bond acceptors (Lipinski definition) is 5. The normalized spacial score (nSPS) is 12.9. The summed E-state index contributed by atoms with van der Waals surface area (Å²) < 4.78 is 11.3. The topological polar surface area (TPSA) is 93.3 Å². The van der Waals surface area contributed by atoms with Gasteiger partial charge in [0.2, 0.25) is 0 Å². The molecule has 0 unspecified atom stereocenters. The van der Waals surface area contributed by atoms with Gasteiger partial charge in [-0.15, -0.1) is 0 Å². The number of aromatic nitrogens is 2. The maximum absolute atomic E-state index is 12.8. The van der Waals surface area contributed by atoms with E-state index in [2.05, 4.69) is 15.5 Å². The van der Waals surface area contributed by atoms with Gasteiger partial charge in [0.1, 0.15) is 0 Å². The Kier molecular flexibility index (Phi) is 5.29. The first-order chi connectivity index (χ1) is 15.7. The number of fused-ring (bicyclic) bond motifs is 2. The summed E-state index contributed by atoms with van der Waals surface area (Å²) in [6.07, 6.45) is 1.33. The Hall–Kier alpha value is -4.13. The Morgan fingerprint density at radius 2 is 1.75 bits per heavy atom. The second-order valence-electron chi connectivity index (χ2n) is 7.59. The Balaban J connectivity index is 1.36. The third kappa shape index (κ3) is 4.05. The zero-order valence-electron chi connectivity index (χ0n) is 17.3. The van der Waals surface area contributed by atoms with Gasteiger partial charge in [0.25, 0.3) is 11.5 Å². The van der Waals surface area contributed by atoms with Crippen LogP contribution in [0.25, 0.3) is 10.8 Å². The van der Waals surface area contributed by atoms with Crippen LogP contribution in [-0.2, 0) is 6.42 Å². The third-order valence-corrected chi connectivity index (χ3v) is 5.34. The van der Waals surface area contributed by atoms with Crippen molar-refractivity contribution in [3.8, 4) is 11.5 Å². The van der Waals surface area contributed by atoms with Gasteiger partial charge < -0.3 is 14.8 Å². The molecule has 1 aromatic heterocycles. The highest BCUT2D eigenvalue weighted by molar-refractivity contribution is 6.04. The molecule has 4 aromatic rings. The number of nitrogens with zero attached hydrogens (tertiary/aromatic N) is 1. The number of anilines is 1. The van der Waals surface area contributed by atoms with E-state index in [4.69, 9.17) is 9.47 Å². The van der Waals surface area contributed by atoms with Crippen molar-refractivity contribution >= 4 is 22.4 Å². The van der Waals surface area contributed by atoms with E-state index >= 15 is 0 Å². The van der Waals surface area contributed by atoms with Crippen LogP contribution in [0.2, 0.25) is 0 Å². The minimum Gasteiger partial charge on any atom is -0.490 e. The van der Waals surface area contributed by atoms with E-state index < -0.39 is 0 Å². The molecule has 3 aromatic carbocycles. The number of hydrogen-bond donors (Lipinski definition) is 2. The first-order valence-corrected chi connectivity index (χ1v) is 10.4. The first-order valence-electron chi connectivity index (χ1n) is 10.4. The Bertz CT molecular complexity index is 1360. The molecule has 32 heavy (non-hydrogen) atoms. The van der Waals surface area contributed by atoms with Crippen LogP contribution in [0.15, 0.2) is 71.5 Å². The van der Waals surface area contributed by atoms with E-state index in [9.17, 15) is 9.59 Å². The molecule has 1 aliphatic rings. The van der Waals surface area contributed by atoms with Gasteiger partial charge >= 0.3 is 0 Å². The van der Waals surface area contributed by atoms with Crippen LogP contribution >= 0.6 is 0 Å². The van der Waals surface area contributed by atoms with Gasteiger partial charge in [0, 0.05) is 29.5 Å². The molecular weight excluding hydrogens is 406 g/mol. The number of rotatable bonds is 4. The Labute approximate surface area is 184 Å². The molecule has 1 amide bonds. The fraction of sp³-hybridized carbons (Fsp3) is 0.160. The second-order valence-corrected chi connectivity index (χ2v) is 7.59. The van der Waals surface area contributed by atoms with E-state index in [1.165, 1.54) is 0 Å². The quantitative estimate of drug-likeness (QED) is 0.515. The van der Waals surface area contributed by atoms with Crippen LogP contribution in [0, 0.1) is 0 Å². The highest BCUT2D eigenvalue weighted by Crippen LogP contribution is 2.30. The van der Waals surface area contributed by atoms with E-state index in [1.54, 1.807) is 24.3 Å². The fourth-order valence-electron chi connectivity index (χ4n) is 3.77. The van der Waals surface area contributed by atoms with Gasteiger partial charge in [-0.05, 0) is 42.0 Å². The third-order valence-electron chi connectivity index (χ3n) is 5.34. The first kappa shape index (κ1) is 19.8. The second kappa shape index (κ2) is 8.55. The van der Waals surface area contributed by atoms with E-state index in [0.29, 0.717) is 47.8 Å². The Morgan fingerprint density at radius 3 is 2.62 bits per heavy atom. The van der Waals surface area contributed by atoms with Gasteiger partial charge in [0.05, 0.1) is 24.3 Å². The van der Waals surface area contributed by atoms with Gasteiger partial charge in [0.15, 0.2) is 11.5 Å². The predicted octanol–water partition coefficient (Wildman–Crippen LogP) is 3.93. The molecule has 0 atom stereocenters. The molecule has 0 bridgehead atoms. The molecular formula is C25H21N3O4. The molecule has 0 saturated heterocycles. The van der Waals surface area contributed by atoms with Crippen LogP contribution in [0.4, 0.5) is 5.69 Å². The average Bonchev–Trinajstić information content (AvgIpc) is 3.06. The molecule has 0 saturated carbocycles. The largest absolute Gasteiger partial charge is 0.490 e. The molecule has 1 aliphatic heterocycles. The summed E-state index contributed by atoms with van der Waals surface area (Å²) >= 11 is 0. The molecule has 2 heterocycles.